The van der Waals surface area contributed by atoms with Gasteiger partial charge in [-0.2, -0.15) is 0 Å². The zero-order chi connectivity index (χ0) is 16.8. The van der Waals surface area contributed by atoms with Crippen LogP contribution in [0.5, 0.6) is 11.5 Å². The number of rotatable bonds is 6. The quantitative estimate of drug-likeness (QED) is 0.709. The second-order valence-corrected chi connectivity index (χ2v) is 5.38. The Morgan fingerprint density at radius 2 is 2.08 bits per heavy atom. The van der Waals surface area contributed by atoms with Crippen molar-refractivity contribution in [2.45, 2.75) is 13.0 Å². The number of fused-ring (bicyclic) bond motifs is 1. The van der Waals surface area contributed by atoms with Crippen LogP contribution in [0.4, 0.5) is 10.6 Å². The Labute approximate surface area is 140 Å². The molecule has 7 heteroatoms. The highest BCUT2D eigenvalue weighted by Gasteiger charge is 2.16. The molecule has 0 bridgehead atoms. The number of hydrogen-bond acceptors (Lipinski definition) is 5. The number of anilines is 1. The zero-order valence-corrected chi connectivity index (χ0v) is 13.4. The highest BCUT2D eigenvalue weighted by Crippen LogP contribution is 2.34. The Bertz CT molecular complexity index is 693. The summed E-state index contributed by atoms with van der Waals surface area (Å²) in [5, 5.41) is 8.84. The maximum absolute atomic E-state index is 12.0. The van der Waals surface area contributed by atoms with Crippen molar-refractivity contribution in [3.8, 4) is 11.5 Å². The monoisotopic (exact) mass is 328 g/mol. The van der Waals surface area contributed by atoms with Crippen LogP contribution in [0.3, 0.4) is 0 Å². The topological polar surface area (TPSA) is 84.5 Å². The number of nitrogens with one attached hydrogen (secondary N) is 3. The summed E-state index contributed by atoms with van der Waals surface area (Å²) in [4.78, 5) is 16.1. The predicted octanol–water partition coefficient (Wildman–Crippen LogP) is 2.28. The van der Waals surface area contributed by atoms with Crippen LogP contribution in [0.2, 0.25) is 0 Å². The lowest BCUT2D eigenvalue weighted by molar-refractivity contribution is 0.174. The second kappa shape index (κ2) is 7.54. The SMILES string of the molecule is CC(NC(=O)NCCNc1ccccn1)c1ccc2c(c1)OCO2. The smallest absolute Gasteiger partial charge is 0.315 e. The Morgan fingerprint density at radius 3 is 2.92 bits per heavy atom. The Hall–Kier alpha value is -2.96. The van der Waals surface area contributed by atoms with Gasteiger partial charge in [-0.25, -0.2) is 9.78 Å². The van der Waals surface area contributed by atoms with Gasteiger partial charge in [0.05, 0.1) is 6.04 Å². The first-order valence-corrected chi connectivity index (χ1v) is 7.81. The summed E-state index contributed by atoms with van der Waals surface area (Å²) < 4.78 is 10.6. The fourth-order valence-corrected chi connectivity index (χ4v) is 2.35. The van der Waals surface area contributed by atoms with Gasteiger partial charge in [0.25, 0.3) is 0 Å². The van der Waals surface area contributed by atoms with Gasteiger partial charge in [0.1, 0.15) is 5.82 Å². The zero-order valence-electron chi connectivity index (χ0n) is 13.4. The molecule has 2 amide bonds. The standard InChI is InChI=1S/C17H20N4O3/c1-12(13-5-6-14-15(10-13)24-11-23-14)21-17(22)20-9-8-19-16-4-2-3-7-18-16/h2-7,10,12H,8-9,11H2,1H3,(H,18,19)(H2,20,21,22). The van der Waals surface area contributed by atoms with Crippen molar-refractivity contribution >= 4 is 11.8 Å². The van der Waals surface area contributed by atoms with Crippen LogP contribution in [-0.2, 0) is 0 Å². The number of aromatic nitrogens is 1. The molecule has 1 unspecified atom stereocenters. The minimum absolute atomic E-state index is 0.136. The lowest BCUT2D eigenvalue weighted by atomic mass is 10.1. The van der Waals surface area contributed by atoms with Crippen LogP contribution in [0, 0.1) is 0 Å². The number of hydrogen-bond donors (Lipinski definition) is 3. The summed E-state index contributed by atoms with van der Waals surface area (Å²) in [7, 11) is 0. The van der Waals surface area contributed by atoms with Crippen LogP contribution in [0.25, 0.3) is 0 Å². The van der Waals surface area contributed by atoms with E-state index in [0.717, 1.165) is 17.1 Å². The molecular formula is C17H20N4O3. The predicted molar refractivity (Wildman–Crippen MR) is 90.2 cm³/mol. The van der Waals surface area contributed by atoms with Gasteiger partial charge in [-0.15, -0.1) is 0 Å². The molecule has 1 aliphatic rings. The number of pyridine rings is 1. The summed E-state index contributed by atoms with van der Waals surface area (Å²) in [6.07, 6.45) is 1.72. The maximum atomic E-state index is 12.0. The van der Waals surface area contributed by atoms with E-state index in [9.17, 15) is 4.79 Å². The molecule has 1 aliphatic heterocycles. The van der Waals surface area contributed by atoms with Gasteiger partial charge in [0.15, 0.2) is 11.5 Å². The van der Waals surface area contributed by atoms with Gasteiger partial charge in [-0.05, 0) is 36.8 Å². The van der Waals surface area contributed by atoms with E-state index in [-0.39, 0.29) is 18.9 Å². The molecule has 7 nitrogen and oxygen atoms in total. The first kappa shape index (κ1) is 15.9. The molecule has 2 aromatic rings. The van der Waals surface area contributed by atoms with E-state index in [0.29, 0.717) is 18.8 Å². The second-order valence-electron chi connectivity index (χ2n) is 5.38. The maximum Gasteiger partial charge on any atom is 0.315 e. The van der Waals surface area contributed by atoms with Crippen molar-refractivity contribution < 1.29 is 14.3 Å². The van der Waals surface area contributed by atoms with E-state index in [1.807, 2.05) is 43.3 Å². The van der Waals surface area contributed by atoms with Crippen LogP contribution >= 0.6 is 0 Å². The third-order valence-electron chi connectivity index (χ3n) is 3.63. The number of carbonyl (C=O) groups is 1. The van der Waals surface area contributed by atoms with Crippen LogP contribution < -0.4 is 25.4 Å². The normalized spacial score (nSPS) is 13.2. The van der Waals surface area contributed by atoms with Crippen molar-refractivity contribution in [2.24, 2.45) is 0 Å². The Morgan fingerprint density at radius 1 is 1.21 bits per heavy atom. The first-order chi connectivity index (χ1) is 11.7. The molecule has 0 saturated carbocycles. The fourth-order valence-electron chi connectivity index (χ4n) is 2.35. The van der Waals surface area contributed by atoms with Crippen molar-refractivity contribution in [1.29, 1.82) is 0 Å². The fraction of sp³-hybridized carbons (Fsp3) is 0.294. The third kappa shape index (κ3) is 4.07. The van der Waals surface area contributed by atoms with E-state index in [1.165, 1.54) is 0 Å². The minimum Gasteiger partial charge on any atom is -0.454 e. The van der Waals surface area contributed by atoms with Gasteiger partial charge in [0, 0.05) is 19.3 Å². The molecule has 0 saturated heterocycles. The van der Waals surface area contributed by atoms with Crippen molar-refractivity contribution in [1.82, 2.24) is 15.6 Å². The molecule has 1 atom stereocenters. The largest absolute Gasteiger partial charge is 0.454 e. The van der Waals surface area contributed by atoms with Gasteiger partial charge in [0.2, 0.25) is 6.79 Å². The number of ether oxygens (including phenoxy) is 2. The molecule has 3 rings (SSSR count). The highest BCUT2D eigenvalue weighted by molar-refractivity contribution is 5.74. The molecule has 24 heavy (non-hydrogen) atoms. The molecule has 2 heterocycles. The molecule has 0 aliphatic carbocycles. The molecular weight excluding hydrogens is 308 g/mol. The molecule has 126 valence electrons. The van der Waals surface area contributed by atoms with E-state index >= 15 is 0 Å². The average molecular weight is 328 g/mol. The minimum atomic E-state index is -0.219. The van der Waals surface area contributed by atoms with Crippen molar-refractivity contribution in [2.75, 3.05) is 25.2 Å². The van der Waals surface area contributed by atoms with E-state index in [2.05, 4.69) is 20.9 Å². The van der Waals surface area contributed by atoms with E-state index in [4.69, 9.17) is 9.47 Å². The van der Waals surface area contributed by atoms with E-state index in [1.54, 1.807) is 6.20 Å². The summed E-state index contributed by atoms with van der Waals surface area (Å²) in [6, 6.07) is 10.9. The average Bonchev–Trinajstić information content (AvgIpc) is 3.07. The third-order valence-corrected chi connectivity index (χ3v) is 3.63. The molecule has 1 aromatic carbocycles. The Balaban J connectivity index is 1.41. The van der Waals surface area contributed by atoms with Crippen LogP contribution in [-0.4, -0.2) is 30.9 Å². The lowest BCUT2D eigenvalue weighted by Crippen LogP contribution is -2.39. The summed E-state index contributed by atoms with van der Waals surface area (Å²) in [5.41, 5.74) is 0.959. The van der Waals surface area contributed by atoms with Crippen molar-refractivity contribution in [3.05, 3.63) is 48.2 Å². The van der Waals surface area contributed by atoms with Gasteiger partial charge < -0.3 is 25.4 Å². The number of nitrogens with zero attached hydrogens (tertiary/aromatic N) is 1. The first-order valence-electron chi connectivity index (χ1n) is 7.81. The molecule has 3 N–H and O–H groups in total. The number of amides is 2. The number of carbonyl (C=O) groups excluding carboxylic acids is 1. The summed E-state index contributed by atoms with van der Waals surface area (Å²) in [5.74, 6) is 2.23. The Kier molecular flexibility index (Phi) is 5.00. The highest BCUT2D eigenvalue weighted by atomic mass is 16.7. The van der Waals surface area contributed by atoms with E-state index < -0.39 is 0 Å². The van der Waals surface area contributed by atoms with Gasteiger partial charge in [-0.3, -0.25) is 0 Å². The molecule has 0 spiro atoms. The summed E-state index contributed by atoms with van der Waals surface area (Å²) >= 11 is 0. The summed E-state index contributed by atoms with van der Waals surface area (Å²) in [6.45, 7) is 3.26. The molecule has 0 fully saturated rings. The lowest BCUT2D eigenvalue weighted by Gasteiger charge is -2.15. The molecule has 1 aromatic heterocycles. The van der Waals surface area contributed by atoms with Gasteiger partial charge in [-0.1, -0.05) is 12.1 Å². The van der Waals surface area contributed by atoms with Crippen molar-refractivity contribution in [3.63, 3.8) is 0 Å². The van der Waals surface area contributed by atoms with Crippen LogP contribution in [0.1, 0.15) is 18.5 Å². The molecule has 0 radical (unpaired) electrons. The van der Waals surface area contributed by atoms with Crippen LogP contribution in [0.15, 0.2) is 42.6 Å². The van der Waals surface area contributed by atoms with Gasteiger partial charge >= 0.3 is 6.03 Å². The number of urea groups is 1. The number of benzene rings is 1.